The number of hydrazone groups is 1. The predicted octanol–water partition coefficient (Wildman–Crippen LogP) is 4.20. The average molecular weight is 437 g/mol. The molecule has 0 aliphatic carbocycles. The molecular weight excluding hydrogens is 408 g/mol. The second-order valence-corrected chi connectivity index (χ2v) is 8.65. The van der Waals surface area contributed by atoms with E-state index in [9.17, 15) is 5.26 Å². The van der Waals surface area contributed by atoms with Crippen LogP contribution in [0.4, 0.5) is 0 Å². The molecule has 0 spiro atoms. The van der Waals surface area contributed by atoms with Crippen molar-refractivity contribution in [2.45, 2.75) is 37.5 Å². The second-order valence-electron chi connectivity index (χ2n) is 7.83. The van der Waals surface area contributed by atoms with E-state index >= 15 is 0 Å². The third-order valence-corrected chi connectivity index (χ3v) is 6.83. The lowest BCUT2D eigenvalue weighted by atomic mass is 9.90. The van der Waals surface area contributed by atoms with Crippen LogP contribution in [0.15, 0.2) is 53.6 Å². The Labute approximate surface area is 188 Å². The van der Waals surface area contributed by atoms with Crippen molar-refractivity contribution in [1.29, 1.82) is 5.26 Å². The van der Waals surface area contributed by atoms with Crippen molar-refractivity contribution in [3.05, 3.63) is 59.7 Å². The zero-order chi connectivity index (χ0) is 21.8. The SMILES string of the molecule is COc1ccc(C2CC(CCc3ccccc3)NC3C(C#N)C(SC)=NN23)cc1OC. The monoisotopic (exact) mass is 436 g/mol. The summed E-state index contributed by atoms with van der Waals surface area (Å²) in [5, 5.41) is 21.4. The molecule has 7 heteroatoms. The number of nitrogens with zero attached hydrogens (tertiary/aromatic N) is 3. The summed E-state index contributed by atoms with van der Waals surface area (Å²) < 4.78 is 11.0. The Balaban J connectivity index is 1.63. The minimum absolute atomic E-state index is 0.0623. The van der Waals surface area contributed by atoms with Crippen LogP contribution >= 0.6 is 11.8 Å². The van der Waals surface area contributed by atoms with Gasteiger partial charge in [0.05, 0.1) is 26.3 Å². The summed E-state index contributed by atoms with van der Waals surface area (Å²) in [5.41, 5.74) is 2.45. The van der Waals surface area contributed by atoms with Crippen LogP contribution in [0.25, 0.3) is 0 Å². The number of aryl methyl sites for hydroxylation is 1. The number of ether oxygens (including phenoxy) is 2. The summed E-state index contributed by atoms with van der Waals surface area (Å²) in [6.45, 7) is 0. The number of hydrogen-bond donors (Lipinski definition) is 1. The van der Waals surface area contributed by atoms with Crippen LogP contribution in [-0.4, -0.2) is 42.7 Å². The molecule has 4 rings (SSSR count). The molecule has 162 valence electrons. The van der Waals surface area contributed by atoms with Crippen molar-refractivity contribution >= 4 is 16.8 Å². The van der Waals surface area contributed by atoms with Gasteiger partial charge in [-0.15, -0.1) is 11.8 Å². The summed E-state index contributed by atoms with van der Waals surface area (Å²) in [6, 6.07) is 19.4. The fourth-order valence-electron chi connectivity index (χ4n) is 4.48. The van der Waals surface area contributed by atoms with E-state index in [1.807, 2.05) is 24.5 Å². The molecule has 0 amide bonds. The van der Waals surface area contributed by atoms with E-state index in [0.717, 1.165) is 29.9 Å². The summed E-state index contributed by atoms with van der Waals surface area (Å²) in [6.07, 6.45) is 4.77. The van der Waals surface area contributed by atoms with Gasteiger partial charge in [-0.3, -0.25) is 10.3 Å². The third-order valence-electron chi connectivity index (χ3n) is 6.08. The molecule has 0 saturated carbocycles. The number of nitriles is 1. The molecule has 4 unspecified atom stereocenters. The summed E-state index contributed by atoms with van der Waals surface area (Å²) in [4.78, 5) is 0. The van der Waals surface area contributed by atoms with Gasteiger partial charge in [-0.25, -0.2) is 0 Å². The normalized spacial score (nSPS) is 24.8. The van der Waals surface area contributed by atoms with Gasteiger partial charge in [-0.1, -0.05) is 36.4 Å². The summed E-state index contributed by atoms with van der Waals surface area (Å²) >= 11 is 1.55. The summed E-state index contributed by atoms with van der Waals surface area (Å²) in [5.74, 6) is 1.15. The third kappa shape index (κ3) is 4.36. The van der Waals surface area contributed by atoms with Crippen molar-refractivity contribution in [3.63, 3.8) is 0 Å². The molecule has 2 aliphatic rings. The van der Waals surface area contributed by atoms with E-state index in [0.29, 0.717) is 11.5 Å². The molecule has 1 N–H and O–H groups in total. The number of methoxy groups -OCH3 is 2. The van der Waals surface area contributed by atoms with Crippen LogP contribution < -0.4 is 14.8 Å². The largest absolute Gasteiger partial charge is 0.493 e. The first-order chi connectivity index (χ1) is 15.2. The zero-order valence-electron chi connectivity index (χ0n) is 18.1. The maximum atomic E-state index is 9.86. The Morgan fingerprint density at radius 3 is 2.61 bits per heavy atom. The van der Waals surface area contributed by atoms with Crippen LogP contribution in [0.1, 0.15) is 30.0 Å². The Hall–Kier alpha value is -2.69. The molecule has 2 aromatic rings. The van der Waals surface area contributed by atoms with E-state index in [1.165, 1.54) is 5.56 Å². The van der Waals surface area contributed by atoms with Gasteiger partial charge < -0.3 is 9.47 Å². The van der Waals surface area contributed by atoms with Crippen molar-refractivity contribution in [1.82, 2.24) is 10.3 Å². The molecule has 0 aromatic heterocycles. The Morgan fingerprint density at radius 2 is 1.94 bits per heavy atom. The van der Waals surface area contributed by atoms with E-state index in [1.54, 1.807) is 26.0 Å². The van der Waals surface area contributed by atoms with E-state index < -0.39 is 0 Å². The number of hydrogen-bond acceptors (Lipinski definition) is 7. The number of thioether (sulfide) groups is 1. The molecule has 1 fully saturated rings. The highest BCUT2D eigenvalue weighted by atomic mass is 32.2. The van der Waals surface area contributed by atoms with Gasteiger partial charge in [0.15, 0.2) is 11.5 Å². The lowest BCUT2D eigenvalue weighted by molar-refractivity contribution is 0.0523. The smallest absolute Gasteiger partial charge is 0.161 e. The molecular formula is C24H28N4O2S. The van der Waals surface area contributed by atoms with Gasteiger partial charge >= 0.3 is 0 Å². The van der Waals surface area contributed by atoms with E-state index in [2.05, 4.69) is 46.7 Å². The summed E-state index contributed by atoms with van der Waals surface area (Å²) in [7, 11) is 3.30. The molecule has 1 saturated heterocycles. The van der Waals surface area contributed by atoms with Crippen LogP contribution in [-0.2, 0) is 6.42 Å². The standard InChI is InChI=1S/C24H28N4O2S/c1-29-21-12-10-17(13-22(21)30-2)20-14-18(11-9-16-7-5-4-6-8-16)26-23-19(15-25)24(31-3)27-28(20)23/h4-8,10,12-13,18-20,23,26H,9,11,14H2,1-3H3. The van der Waals surface area contributed by atoms with Crippen molar-refractivity contribution in [2.24, 2.45) is 11.0 Å². The van der Waals surface area contributed by atoms with Crippen molar-refractivity contribution in [2.75, 3.05) is 20.5 Å². The first kappa shape index (κ1) is 21.5. The topological polar surface area (TPSA) is 69.9 Å². The molecule has 2 aromatic carbocycles. The highest BCUT2D eigenvalue weighted by Crippen LogP contribution is 2.41. The maximum absolute atomic E-state index is 9.86. The van der Waals surface area contributed by atoms with Gasteiger partial charge in [0.2, 0.25) is 0 Å². The molecule has 6 nitrogen and oxygen atoms in total. The first-order valence-electron chi connectivity index (χ1n) is 10.5. The van der Waals surface area contributed by atoms with Gasteiger partial charge in [0.1, 0.15) is 17.1 Å². The highest BCUT2D eigenvalue weighted by Gasteiger charge is 2.45. The van der Waals surface area contributed by atoms with Gasteiger partial charge in [-0.05, 0) is 48.8 Å². The van der Waals surface area contributed by atoms with Crippen LogP contribution in [0.3, 0.4) is 0 Å². The highest BCUT2D eigenvalue weighted by molar-refractivity contribution is 8.13. The fourth-order valence-corrected chi connectivity index (χ4v) is 5.09. The fraction of sp³-hybridized carbons (Fsp3) is 0.417. The number of nitrogens with one attached hydrogen (secondary N) is 1. The maximum Gasteiger partial charge on any atom is 0.161 e. The minimum Gasteiger partial charge on any atom is -0.493 e. The van der Waals surface area contributed by atoms with Crippen LogP contribution in [0.2, 0.25) is 0 Å². The molecule has 31 heavy (non-hydrogen) atoms. The number of benzene rings is 2. The first-order valence-corrected chi connectivity index (χ1v) is 11.7. The molecule has 2 heterocycles. The van der Waals surface area contributed by atoms with Gasteiger partial charge in [-0.2, -0.15) is 10.4 Å². The molecule has 4 atom stereocenters. The van der Waals surface area contributed by atoms with Crippen LogP contribution in [0, 0.1) is 17.2 Å². The van der Waals surface area contributed by atoms with E-state index in [-0.39, 0.29) is 24.2 Å². The molecule has 0 bridgehead atoms. The Bertz CT molecular complexity index is 975. The van der Waals surface area contributed by atoms with E-state index in [4.69, 9.17) is 14.6 Å². The quantitative estimate of drug-likeness (QED) is 0.732. The lowest BCUT2D eigenvalue weighted by Gasteiger charge is -2.42. The average Bonchev–Trinajstić information content (AvgIpc) is 3.20. The number of rotatable bonds is 6. The lowest BCUT2D eigenvalue weighted by Crippen LogP contribution is -2.56. The number of fused-ring (bicyclic) bond motifs is 1. The minimum atomic E-state index is -0.267. The zero-order valence-corrected chi connectivity index (χ0v) is 18.9. The second kappa shape index (κ2) is 9.63. The Morgan fingerprint density at radius 1 is 1.16 bits per heavy atom. The van der Waals surface area contributed by atoms with Crippen molar-refractivity contribution in [3.8, 4) is 17.6 Å². The van der Waals surface area contributed by atoms with Crippen LogP contribution in [0.5, 0.6) is 11.5 Å². The predicted molar refractivity (Wildman–Crippen MR) is 124 cm³/mol. The van der Waals surface area contributed by atoms with Crippen molar-refractivity contribution < 1.29 is 9.47 Å². The van der Waals surface area contributed by atoms with Gasteiger partial charge in [0.25, 0.3) is 0 Å². The molecule has 2 aliphatic heterocycles. The molecule has 0 radical (unpaired) electrons. The van der Waals surface area contributed by atoms with Gasteiger partial charge in [0, 0.05) is 6.04 Å². The Kier molecular flexibility index (Phi) is 6.69.